The second kappa shape index (κ2) is 11.1. The molecule has 2 amide bonds. The Labute approximate surface area is 238 Å². The lowest BCUT2D eigenvalue weighted by atomic mass is 9.93. The van der Waals surface area contributed by atoms with Gasteiger partial charge in [-0.2, -0.15) is 19.0 Å². The zero-order chi connectivity index (χ0) is 28.7. The van der Waals surface area contributed by atoms with E-state index in [0.29, 0.717) is 18.1 Å². The summed E-state index contributed by atoms with van der Waals surface area (Å²) < 4.78 is 34.1. The first-order valence-corrected chi connectivity index (χ1v) is 13.5. The van der Waals surface area contributed by atoms with Gasteiger partial charge >= 0.3 is 6.61 Å². The van der Waals surface area contributed by atoms with Gasteiger partial charge in [0.1, 0.15) is 23.6 Å². The summed E-state index contributed by atoms with van der Waals surface area (Å²) in [5.74, 6) is -0.391. The quantitative estimate of drug-likeness (QED) is 0.353. The van der Waals surface area contributed by atoms with Crippen LogP contribution in [-0.4, -0.2) is 85.3 Å². The zero-order valence-electron chi connectivity index (χ0n) is 22.1. The topological polar surface area (TPSA) is 110 Å². The molecule has 2 atom stereocenters. The summed E-state index contributed by atoms with van der Waals surface area (Å²) in [5, 5.41) is 11.7. The molecule has 2 aliphatic rings. The molecule has 2 saturated heterocycles. The molecule has 0 spiro atoms. The van der Waals surface area contributed by atoms with E-state index < -0.39 is 12.5 Å². The van der Waals surface area contributed by atoms with E-state index in [2.05, 4.69) is 32.4 Å². The van der Waals surface area contributed by atoms with Crippen LogP contribution in [0.25, 0.3) is 16.9 Å². The third-order valence-corrected chi connectivity index (χ3v) is 7.84. The molecular formula is C27H27ClF2N8O3. The molecule has 3 aromatic heterocycles. The van der Waals surface area contributed by atoms with Crippen LogP contribution in [0.1, 0.15) is 23.2 Å². The summed E-state index contributed by atoms with van der Waals surface area (Å²) in [5.41, 5.74) is 0.959. The smallest absolute Gasteiger partial charge is 0.387 e. The molecule has 14 heteroatoms. The van der Waals surface area contributed by atoms with E-state index in [-0.39, 0.29) is 51.8 Å². The maximum absolute atomic E-state index is 13.4. The molecule has 4 aromatic rings. The lowest BCUT2D eigenvalue weighted by molar-refractivity contribution is -0.133. The maximum atomic E-state index is 13.4. The van der Waals surface area contributed by atoms with Gasteiger partial charge in [0.05, 0.1) is 11.9 Å². The number of rotatable bonds is 7. The molecule has 2 fully saturated rings. The molecule has 41 heavy (non-hydrogen) atoms. The largest absolute Gasteiger partial charge is 0.434 e. The monoisotopic (exact) mass is 584 g/mol. The average molecular weight is 585 g/mol. The first-order valence-electron chi connectivity index (χ1n) is 13.2. The number of anilines is 1. The van der Waals surface area contributed by atoms with E-state index >= 15 is 0 Å². The van der Waals surface area contributed by atoms with Gasteiger partial charge in [-0.15, -0.1) is 0 Å². The molecule has 0 saturated carbocycles. The second-order valence-corrected chi connectivity index (χ2v) is 10.7. The lowest BCUT2D eigenvalue weighted by Gasteiger charge is -2.36. The fourth-order valence-electron chi connectivity index (χ4n) is 5.76. The summed E-state index contributed by atoms with van der Waals surface area (Å²) in [4.78, 5) is 35.2. The van der Waals surface area contributed by atoms with E-state index in [1.807, 2.05) is 4.90 Å². The summed E-state index contributed by atoms with van der Waals surface area (Å²) >= 11 is 6.21. The molecule has 2 aliphatic heterocycles. The minimum Gasteiger partial charge on any atom is -0.434 e. The van der Waals surface area contributed by atoms with Crippen LogP contribution < -0.4 is 10.1 Å². The highest BCUT2D eigenvalue weighted by atomic mass is 35.5. The number of amides is 2. The Morgan fingerprint density at radius 3 is 2.93 bits per heavy atom. The van der Waals surface area contributed by atoms with E-state index in [0.717, 1.165) is 25.9 Å². The molecule has 5 heterocycles. The number of carbonyl (C=O) groups is 2. The second-order valence-electron chi connectivity index (χ2n) is 10.3. The minimum atomic E-state index is -3.10. The van der Waals surface area contributed by atoms with Crippen molar-refractivity contribution in [3.63, 3.8) is 0 Å². The van der Waals surface area contributed by atoms with E-state index in [4.69, 9.17) is 16.3 Å². The van der Waals surface area contributed by atoms with Crippen LogP contribution in [0.15, 0.2) is 49.1 Å². The number of ether oxygens (including phenoxy) is 1. The SMILES string of the molecule is CN1CC[C@@H]2[C@H](CCN2C(=O)Cn2cc(NC(=O)c3cnn4cccnc34)c(-c3cc(Cl)ccc3OC(F)F)n2)C1. The van der Waals surface area contributed by atoms with E-state index in [9.17, 15) is 18.4 Å². The van der Waals surface area contributed by atoms with Gasteiger partial charge in [-0.05, 0) is 56.6 Å². The van der Waals surface area contributed by atoms with E-state index in [1.54, 1.807) is 12.3 Å². The van der Waals surface area contributed by atoms with Gasteiger partial charge < -0.3 is 19.9 Å². The summed E-state index contributed by atoms with van der Waals surface area (Å²) in [7, 11) is 2.09. The highest BCUT2D eigenvalue weighted by Crippen LogP contribution is 2.37. The van der Waals surface area contributed by atoms with Crippen LogP contribution in [-0.2, 0) is 11.3 Å². The molecular weight excluding hydrogens is 558 g/mol. The predicted octanol–water partition coefficient (Wildman–Crippen LogP) is 3.65. The maximum Gasteiger partial charge on any atom is 0.387 e. The Bertz CT molecular complexity index is 1610. The number of halogens is 3. The molecule has 1 N–H and O–H groups in total. The number of hydrogen-bond donors (Lipinski definition) is 1. The number of nitrogens with zero attached hydrogens (tertiary/aromatic N) is 7. The summed E-state index contributed by atoms with van der Waals surface area (Å²) in [6.45, 7) is -0.642. The molecule has 0 unspecified atom stereocenters. The third kappa shape index (κ3) is 5.46. The van der Waals surface area contributed by atoms with Crippen LogP contribution in [0.3, 0.4) is 0 Å². The van der Waals surface area contributed by atoms with Crippen LogP contribution in [0.2, 0.25) is 5.02 Å². The molecule has 214 valence electrons. The third-order valence-electron chi connectivity index (χ3n) is 7.60. The van der Waals surface area contributed by atoms with Gasteiger partial charge in [0.25, 0.3) is 5.91 Å². The number of likely N-dealkylation sites (tertiary alicyclic amines) is 2. The first-order chi connectivity index (χ1) is 19.8. The van der Waals surface area contributed by atoms with Gasteiger partial charge in [0.15, 0.2) is 5.65 Å². The molecule has 0 aliphatic carbocycles. The fourth-order valence-corrected chi connectivity index (χ4v) is 5.93. The Balaban J connectivity index is 1.33. The normalized spacial score (nSPS) is 19.1. The highest BCUT2D eigenvalue weighted by Gasteiger charge is 2.39. The fraction of sp³-hybridized carbons (Fsp3) is 0.370. The average Bonchev–Trinajstić information content (AvgIpc) is 3.66. The Morgan fingerprint density at radius 2 is 2.10 bits per heavy atom. The van der Waals surface area contributed by atoms with Crippen molar-refractivity contribution in [1.29, 1.82) is 0 Å². The van der Waals surface area contributed by atoms with Crippen molar-refractivity contribution in [2.24, 2.45) is 5.92 Å². The van der Waals surface area contributed by atoms with Crippen molar-refractivity contribution in [1.82, 2.24) is 34.2 Å². The van der Waals surface area contributed by atoms with Gasteiger partial charge in [-0.25, -0.2) is 9.50 Å². The standard InChI is InChI=1S/C27H27ClF2N8O3/c1-35-9-6-21-16(13-35)5-10-37(21)23(39)15-36-14-20(33-26(40)19-12-32-38-8-2-7-31-25(19)38)24(34-36)18-11-17(28)3-4-22(18)41-27(29)30/h2-4,7-8,11-12,14,16,21,27H,5-6,9-10,13,15H2,1H3,(H,33,40)/t16-,21-/m1/s1. The Kier molecular flexibility index (Phi) is 7.30. The Hall–Kier alpha value is -4.10. The number of alkyl halides is 2. The highest BCUT2D eigenvalue weighted by molar-refractivity contribution is 6.31. The number of piperidine rings is 1. The van der Waals surface area contributed by atoms with Crippen molar-refractivity contribution >= 4 is 34.7 Å². The first kappa shape index (κ1) is 27.1. The van der Waals surface area contributed by atoms with Crippen molar-refractivity contribution in [3.8, 4) is 17.0 Å². The van der Waals surface area contributed by atoms with Gasteiger partial charge in [0.2, 0.25) is 5.91 Å². The van der Waals surface area contributed by atoms with Crippen LogP contribution in [0.4, 0.5) is 14.5 Å². The molecule has 6 rings (SSSR count). The number of benzene rings is 1. The summed E-state index contributed by atoms with van der Waals surface area (Å²) in [6.07, 6.45) is 7.92. The number of nitrogens with one attached hydrogen (secondary N) is 1. The number of fused-ring (bicyclic) bond motifs is 2. The van der Waals surface area contributed by atoms with Gasteiger partial charge in [-0.1, -0.05) is 11.6 Å². The van der Waals surface area contributed by atoms with Gasteiger partial charge in [0, 0.05) is 48.3 Å². The molecule has 11 nitrogen and oxygen atoms in total. The van der Waals surface area contributed by atoms with Crippen LogP contribution >= 0.6 is 11.6 Å². The minimum absolute atomic E-state index is 0.0915. The van der Waals surface area contributed by atoms with Crippen molar-refractivity contribution < 1.29 is 23.1 Å². The van der Waals surface area contributed by atoms with E-state index in [1.165, 1.54) is 46.0 Å². The number of carbonyl (C=O) groups excluding carboxylic acids is 2. The zero-order valence-corrected chi connectivity index (χ0v) is 22.8. The number of hydrogen-bond acceptors (Lipinski definition) is 7. The molecule has 0 bridgehead atoms. The van der Waals surface area contributed by atoms with Gasteiger partial charge in [-0.3, -0.25) is 14.3 Å². The molecule has 1 aromatic carbocycles. The summed E-state index contributed by atoms with van der Waals surface area (Å²) in [6, 6.07) is 5.99. The number of aromatic nitrogens is 5. The predicted molar refractivity (Wildman–Crippen MR) is 146 cm³/mol. The van der Waals surface area contributed by atoms with Crippen LogP contribution in [0, 0.1) is 5.92 Å². The van der Waals surface area contributed by atoms with Crippen LogP contribution in [0.5, 0.6) is 5.75 Å². The molecule has 0 radical (unpaired) electrons. The lowest BCUT2D eigenvalue weighted by Crippen LogP contribution is -2.47. The van der Waals surface area contributed by atoms with Crippen molar-refractivity contribution in [2.45, 2.75) is 32.0 Å². The van der Waals surface area contributed by atoms with Crippen molar-refractivity contribution in [3.05, 3.63) is 59.6 Å². The van der Waals surface area contributed by atoms with Crippen molar-refractivity contribution in [2.75, 3.05) is 32.0 Å². The Morgan fingerprint density at radius 1 is 1.24 bits per heavy atom.